The summed E-state index contributed by atoms with van der Waals surface area (Å²) in [4.78, 5) is 27.1. The van der Waals surface area contributed by atoms with Crippen LogP contribution in [0.2, 0.25) is 0 Å². The SMILES string of the molecule is O=C(Nc1nnc(N(Cc2ccccc2)C(=O)c2ccccc2)s1)c1ccccc1. The summed E-state index contributed by atoms with van der Waals surface area (Å²) in [5.41, 5.74) is 2.04. The lowest BCUT2D eigenvalue weighted by Gasteiger charge is -2.19. The first-order valence-corrected chi connectivity index (χ1v) is 10.1. The van der Waals surface area contributed by atoms with E-state index in [9.17, 15) is 9.59 Å². The fourth-order valence-corrected chi connectivity index (χ4v) is 3.60. The fourth-order valence-electron chi connectivity index (χ4n) is 2.86. The van der Waals surface area contributed by atoms with Crippen molar-refractivity contribution in [3.05, 3.63) is 108 Å². The Balaban J connectivity index is 1.59. The molecule has 2 amide bonds. The van der Waals surface area contributed by atoms with Gasteiger partial charge in [-0.15, -0.1) is 10.2 Å². The lowest BCUT2D eigenvalue weighted by atomic mass is 10.1. The summed E-state index contributed by atoms with van der Waals surface area (Å²) >= 11 is 1.16. The van der Waals surface area contributed by atoms with Gasteiger partial charge in [0.1, 0.15) is 0 Å². The quantitative estimate of drug-likeness (QED) is 0.499. The van der Waals surface area contributed by atoms with E-state index >= 15 is 0 Å². The summed E-state index contributed by atoms with van der Waals surface area (Å²) in [5.74, 6) is -0.459. The molecule has 0 radical (unpaired) electrons. The molecular formula is C23H18N4O2S. The van der Waals surface area contributed by atoms with E-state index in [1.54, 1.807) is 41.3 Å². The second-order valence-corrected chi connectivity index (χ2v) is 7.41. The van der Waals surface area contributed by atoms with Gasteiger partial charge in [-0.2, -0.15) is 0 Å². The molecule has 0 spiro atoms. The highest BCUT2D eigenvalue weighted by Crippen LogP contribution is 2.27. The molecule has 6 nitrogen and oxygen atoms in total. The van der Waals surface area contributed by atoms with E-state index in [2.05, 4.69) is 15.5 Å². The molecule has 0 aliphatic heterocycles. The van der Waals surface area contributed by atoms with Crippen molar-refractivity contribution in [2.24, 2.45) is 0 Å². The Morgan fingerprint density at radius 2 is 1.33 bits per heavy atom. The van der Waals surface area contributed by atoms with Crippen LogP contribution in [0.4, 0.5) is 10.3 Å². The van der Waals surface area contributed by atoms with Crippen LogP contribution in [0.25, 0.3) is 0 Å². The minimum atomic E-state index is -0.276. The van der Waals surface area contributed by atoms with Crippen LogP contribution in [-0.4, -0.2) is 22.0 Å². The number of nitrogens with zero attached hydrogens (tertiary/aromatic N) is 3. The lowest BCUT2D eigenvalue weighted by molar-refractivity contribution is 0.0983. The highest BCUT2D eigenvalue weighted by atomic mass is 32.1. The Bertz CT molecular complexity index is 1130. The third kappa shape index (κ3) is 4.59. The fraction of sp³-hybridized carbons (Fsp3) is 0.0435. The second kappa shape index (κ2) is 9.11. The zero-order valence-corrected chi connectivity index (χ0v) is 16.8. The molecule has 3 aromatic carbocycles. The number of carbonyl (C=O) groups excluding carboxylic acids is 2. The van der Waals surface area contributed by atoms with Crippen LogP contribution in [0.15, 0.2) is 91.0 Å². The van der Waals surface area contributed by atoms with Crippen molar-refractivity contribution < 1.29 is 9.59 Å². The standard InChI is InChI=1S/C23H18N4O2S/c28-20(18-12-6-2-7-13-18)24-22-25-26-23(30-22)27(16-17-10-4-1-5-11-17)21(29)19-14-8-3-9-15-19/h1-15H,16H2,(H,24,25,28). The number of anilines is 2. The smallest absolute Gasteiger partial charge is 0.260 e. The third-order valence-corrected chi connectivity index (χ3v) is 5.21. The maximum Gasteiger partial charge on any atom is 0.260 e. The predicted octanol–water partition coefficient (Wildman–Crippen LogP) is 4.64. The first-order chi connectivity index (χ1) is 14.7. The third-order valence-electron chi connectivity index (χ3n) is 4.35. The number of hydrogen-bond donors (Lipinski definition) is 1. The Kier molecular flexibility index (Phi) is 5.91. The van der Waals surface area contributed by atoms with Gasteiger partial charge >= 0.3 is 0 Å². The van der Waals surface area contributed by atoms with Gasteiger partial charge in [0.15, 0.2) is 0 Å². The monoisotopic (exact) mass is 414 g/mol. The van der Waals surface area contributed by atoms with Crippen molar-refractivity contribution in [1.29, 1.82) is 0 Å². The molecule has 7 heteroatoms. The van der Waals surface area contributed by atoms with Gasteiger partial charge in [0, 0.05) is 11.1 Å². The molecule has 0 bridgehead atoms. The first kappa shape index (κ1) is 19.5. The van der Waals surface area contributed by atoms with E-state index < -0.39 is 0 Å². The van der Waals surface area contributed by atoms with E-state index in [0.717, 1.165) is 16.9 Å². The number of carbonyl (C=O) groups is 2. The summed E-state index contributed by atoms with van der Waals surface area (Å²) in [6.07, 6.45) is 0. The Hall–Kier alpha value is -3.84. The Morgan fingerprint density at radius 3 is 1.97 bits per heavy atom. The van der Waals surface area contributed by atoms with Gasteiger partial charge in [-0.05, 0) is 29.8 Å². The summed E-state index contributed by atoms with van der Waals surface area (Å²) in [6, 6.07) is 27.6. The van der Waals surface area contributed by atoms with Crippen LogP contribution in [0.3, 0.4) is 0 Å². The minimum absolute atomic E-state index is 0.184. The number of aromatic nitrogens is 2. The zero-order chi connectivity index (χ0) is 20.8. The van der Waals surface area contributed by atoms with Crippen LogP contribution in [0.5, 0.6) is 0 Å². The molecule has 0 saturated heterocycles. The molecule has 1 heterocycles. The Labute approximate surface area is 177 Å². The maximum atomic E-state index is 13.2. The number of hydrogen-bond acceptors (Lipinski definition) is 5. The van der Waals surface area contributed by atoms with Gasteiger partial charge in [0.2, 0.25) is 10.3 Å². The molecule has 1 N–H and O–H groups in total. The molecule has 30 heavy (non-hydrogen) atoms. The number of rotatable bonds is 6. The molecule has 4 rings (SSSR count). The van der Waals surface area contributed by atoms with Gasteiger partial charge in [-0.1, -0.05) is 78.1 Å². The van der Waals surface area contributed by atoms with Gasteiger partial charge in [0.05, 0.1) is 6.54 Å². The maximum absolute atomic E-state index is 13.2. The molecule has 148 valence electrons. The van der Waals surface area contributed by atoms with E-state index in [0.29, 0.717) is 27.9 Å². The van der Waals surface area contributed by atoms with Gasteiger partial charge < -0.3 is 0 Å². The number of amides is 2. The van der Waals surface area contributed by atoms with E-state index in [1.807, 2.05) is 54.6 Å². The molecule has 4 aromatic rings. The summed E-state index contributed by atoms with van der Waals surface area (Å²) < 4.78 is 0. The van der Waals surface area contributed by atoms with E-state index in [1.165, 1.54) is 0 Å². The summed E-state index contributed by atoms with van der Waals surface area (Å²) in [7, 11) is 0. The van der Waals surface area contributed by atoms with Crippen LogP contribution in [-0.2, 0) is 6.54 Å². The minimum Gasteiger partial charge on any atom is -0.296 e. The largest absolute Gasteiger partial charge is 0.296 e. The summed E-state index contributed by atoms with van der Waals surface area (Å²) in [5, 5.41) is 11.7. The van der Waals surface area contributed by atoms with Gasteiger partial charge in [0.25, 0.3) is 11.8 Å². The van der Waals surface area contributed by atoms with Crippen LogP contribution < -0.4 is 10.2 Å². The molecule has 0 fully saturated rings. The van der Waals surface area contributed by atoms with Gasteiger partial charge in [-0.25, -0.2) is 0 Å². The average molecular weight is 414 g/mol. The van der Waals surface area contributed by atoms with Crippen molar-refractivity contribution in [3.8, 4) is 0 Å². The lowest BCUT2D eigenvalue weighted by Crippen LogP contribution is -2.30. The topological polar surface area (TPSA) is 75.2 Å². The molecular weight excluding hydrogens is 396 g/mol. The second-order valence-electron chi connectivity index (χ2n) is 6.45. The first-order valence-electron chi connectivity index (χ1n) is 9.31. The van der Waals surface area contributed by atoms with Gasteiger partial charge in [-0.3, -0.25) is 19.8 Å². The van der Waals surface area contributed by atoms with Crippen LogP contribution in [0, 0.1) is 0 Å². The average Bonchev–Trinajstić information content (AvgIpc) is 3.27. The van der Waals surface area contributed by atoms with Crippen LogP contribution >= 0.6 is 11.3 Å². The molecule has 1 aromatic heterocycles. The van der Waals surface area contributed by atoms with Crippen molar-refractivity contribution in [2.75, 3.05) is 10.2 Å². The van der Waals surface area contributed by atoms with Crippen molar-refractivity contribution in [3.63, 3.8) is 0 Å². The highest BCUT2D eigenvalue weighted by molar-refractivity contribution is 7.19. The summed E-state index contributed by atoms with van der Waals surface area (Å²) in [6.45, 7) is 0.343. The van der Waals surface area contributed by atoms with E-state index in [4.69, 9.17) is 0 Å². The van der Waals surface area contributed by atoms with Crippen molar-refractivity contribution in [1.82, 2.24) is 10.2 Å². The molecule has 0 saturated carbocycles. The number of benzene rings is 3. The zero-order valence-electron chi connectivity index (χ0n) is 15.9. The normalized spacial score (nSPS) is 10.4. The van der Waals surface area contributed by atoms with Crippen molar-refractivity contribution >= 4 is 33.4 Å². The molecule has 0 aliphatic rings. The van der Waals surface area contributed by atoms with Crippen molar-refractivity contribution in [2.45, 2.75) is 6.54 Å². The highest BCUT2D eigenvalue weighted by Gasteiger charge is 2.22. The van der Waals surface area contributed by atoms with Crippen LogP contribution in [0.1, 0.15) is 26.3 Å². The van der Waals surface area contributed by atoms with E-state index in [-0.39, 0.29) is 11.8 Å². The molecule has 0 unspecified atom stereocenters. The predicted molar refractivity (Wildman–Crippen MR) is 118 cm³/mol. The Morgan fingerprint density at radius 1 is 0.767 bits per heavy atom. The molecule has 0 atom stereocenters. The molecule has 0 aliphatic carbocycles. The number of nitrogens with one attached hydrogen (secondary N) is 1.